The van der Waals surface area contributed by atoms with E-state index in [-0.39, 0.29) is 51.9 Å². The number of nitro groups is 1. The summed E-state index contributed by atoms with van der Waals surface area (Å²) in [6.07, 6.45) is 0. The third-order valence-corrected chi connectivity index (χ3v) is 7.11. The van der Waals surface area contributed by atoms with Crippen molar-refractivity contribution in [2.24, 2.45) is 0 Å². The Morgan fingerprint density at radius 1 is 1.23 bits per heavy atom. The molecule has 35 heavy (non-hydrogen) atoms. The molecule has 2 aromatic heterocycles. The quantitative estimate of drug-likeness (QED) is 0.0935. The molecule has 1 N–H and O–H groups in total. The predicted octanol–water partition coefficient (Wildman–Crippen LogP) is 5.13. The first-order valence-electron chi connectivity index (χ1n) is 9.96. The van der Waals surface area contributed by atoms with E-state index in [4.69, 9.17) is 41.3 Å². The van der Waals surface area contributed by atoms with E-state index in [1.807, 2.05) is 0 Å². The second-order valence-corrected chi connectivity index (χ2v) is 9.21. The number of hydrogen-bond acceptors (Lipinski definition) is 11. The Morgan fingerprint density at radius 3 is 2.43 bits per heavy atom. The molecular weight excluding hydrogens is 530 g/mol. The zero-order valence-corrected chi connectivity index (χ0v) is 21.2. The number of nitrogens with zero attached hydrogens (tertiary/aromatic N) is 4. The predicted molar refractivity (Wildman–Crippen MR) is 123 cm³/mol. The van der Waals surface area contributed by atoms with Gasteiger partial charge in [-0.2, -0.15) is 9.71 Å². The molecule has 0 atom stereocenters. The molecule has 3 rings (SSSR count). The molecule has 1 aromatic carbocycles. The normalized spacial score (nSPS) is 11.6. The molecule has 0 amide bonds. The Balaban J connectivity index is 2.14. The summed E-state index contributed by atoms with van der Waals surface area (Å²) >= 11 is 12.4. The number of phenolic OH excluding ortho intramolecular Hbond substituents is 1. The van der Waals surface area contributed by atoms with Crippen LogP contribution in [0.4, 0.5) is 5.69 Å². The van der Waals surface area contributed by atoms with E-state index >= 15 is 0 Å². The fourth-order valence-electron chi connectivity index (χ4n) is 3.03. The maximum absolute atomic E-state index is 12.8. The first-order valence-corrected chi connectivity index (χ1v) is 12.2. The van der Waals surface area contributed by atoms with Gasteiger partial charge in [-0.25, -0.2) is 4.57 Å². The molecule has 16 heteroatoms. The van der Waals surface area contributed by atoms with Crippen LogP contribution in [0.15, 0.2) is 16.7 Å². The van der Waals surface area contributed by atoms with Crippen molar-refractivity contribution in [3.63, 3.8) is 0 Å². The third-order valence-electron chi connectivity index (χ3n) is 4.64. The Bertz CT molecular complexity index is 1310. The topological polar surface area (TPSA) is 174 Å². The van der Waals surface area contributed by atoms with Crippen LogP contribution < -0.4 is 9.25 Å². The van der Waals surface area contributed by atoms with Gasteiger partial charge in [-0.05, 0) is 44.0 Å². The number of phosphoric ester groups is 1. The number of nitro benzene ring substituents is 1. The van der Waals surface area contributed by atoms with Gasteiger partial charge in [0.25, 0.3) is 11.0 Å². The van der Waals surface area contributed by atoms with E-state index in [9.17, 15) is 25.0 Å². The summed E-state index contributed by atoms with van der Waals surface area (Å²) in [6, 6.07) is 2.02. The number of aromatic nitrogens is 3. The maximum atomic E-state index is 12.8. The number of rotatable bonds is 9. The number of halogens is 2. The van der Waals surface area contributed by atoms with E-state index in [2.05, 4.69) is 10.1 Å². The SMILES string of the molecule is CCOP(=O)(OCC)Oc1cc(-c2nc(-c3c(C)c(Cl)c(C)[n+]([O-])c3Cl)no2)cc([N+](=O)[O-])c1O. The summed E-state index contributed by atoms with van der Waals surface area (Å²) in [5.41, 5.74) is -0.213. The zero-order chi connectivity index (χ0) is 26.1. The standard InChI is InChI=1S/C19H19Cl2N4O9P/c1-5-31-35(30,32-6-2)34-13-8-11(7-12(16(13)26)25(28)29)19-22-18(23-33-19)14-9(3)15(20)10(4)24(27)17(14)21/h7-8,26H,5-6H2,1-4H3. The van der Waals surface area contributed by atoms with Crippen LogP contribution in [0.3, 0.4) is 0 Å². The molecular formula is C19H19Cl2N4O9P. The van der Waals surface area contributed by atoms with Crippen LogP contribution in [0, 0.1) is 29.2 Å². The van der Waals surface area contributed by atoms with Crippen LogP contribution in [-0.2, 0) is 13.6 Å². The Kier molecular flexibility index (Phi) is 7.87. The minimum atomic E-state index is -4.22. The summed E-state index contributed by atoms with van der Waals surface area (Å²) in [4.78, 5) is 14.8. The number of hydrogen-bond donors (Lipinski definition) is 1. The lowest BCUT2D eigenvalue weighted by molar-refractivity contribution is -0.609. The van der Waals surface area contributed by atoms with Crippen LogP contribution in [-0.4, -0.2) is 33.4 Å². The van der Waals surface area contributed by atoms with E-state index in [1.165, 1.54) is 20.8 Å². The number of pyridine rings is 1. The molecule has 0 unspecified atom stereocenters. The summed E-state index contributed by atoms with van der Waals surface area (Å²) < 4.78 is 33.6. The summed E-state index contributed by atoms with van der Waals surface area (Å²) in [6.45, 7) is 6.02. The summed E-state index contributed by atoms with van der Waals surface area (Å²) in [7, 11) is -4.22. The first kappa shape index (κ1) is 26.6. The van der Waals surface area contributed by atoms with E-state index in [0.29, 0.717) is 10.3 Å². The van der Waals surface area contributed by atoms with Crippen molar-refractivity contribution in [3.05, 3.63) is 48.9 Å². The van der Waals surface area contributed by atoms with Crippen molar-refractivity contribution in [1.29, 1.82) is 0 Å². The first-order chi connectivity index (χ1) is 16.4. The fraction of sp³-hybridized carbons (Fsp3) is 0.316. The third kappa shape index (κ3) is 5.19. The largest absolute Gasteiger partial charge is 0.617 e. The number of benzene rings is 1. The van der Waals surface area contributed by atoms with Crippen LogP contribution in [0.5, 0.6) is 11.5 Å². The summed E-state index contributed by atoms with van der Waals surface area (Å²) in [5.74, 6) is -1.89. The van der Waals surface area contributed by atoms with Crippen molar-refractivity contribution >= 4 is 36.7 Å². The highest BCUT2D eigenvalue weighted by Crippen LogP contribution is 2.53. The van der Waals surface area contributed by atoms with Gasteiger partial charge in [0.1, 0.15) is 10.6 Å². The molecule has 0 saturated heterocycles. The smallest absolute Gasteiger partial charge is 0.530 e. The summed E-state index contributed by atoms with van der Waals surface area (Å²) in [5, 5.41) is 37.8. The average molecular weight is 549 g/mol. The maximum Gasteiger partial charge on any atom is 0.530 e. The van der Waals surface area contributed by atoms with Gasteiger partial charge < -0.3 is 19.4 Å². The number of phenols is 1. The lowest BCUT2D eigenvalue weighted by atomic mass is 10.1. The number of aromatic hydroxyl groups is 1. The number of phosphoric acid groups is 1. The Hall–Kier alpha value is -2.96. The van der Waals surface area contributed by atoms with Crippen molar-refractivity contribution in [1.82, 2.24) is 10.1 Å². The van der Waals surface area contributed by atoms with Gasteiger partial charge in [-0.3, -0.25) is 19.2 Å². The molecule has 2 heterocycles. The molecule has 0 fully saturated rings. The van der Waals surface area contributed by atoms with Crippen molar-refractivity contribution < 1.29 is 37.4 Å². The highest BCUT2D eigenvalue weighted by atomic mass is 35.5. The van der Waals surface area contributed by atoms with Gasteiger partial charge in [0.2, 0.25) is 17.3 Å². The second kappa shape index (κ2) is 10.3. The van der Waals surface area contributed by atoms with E-state index in [1.54, 1.807) is 6.92 Å². The van der Waals surface area contributed by atoms with Crippen molar-refractivity contribution in [3.8, 4) is 34.3 Å². The molecule has 0 aliphatic carbocycles. The monoisotopic (exact) mass is 548 g/mol. The average Bonchev–Trinajstić information content (AvgIpc) is 3.27. The highest BCUT2D eigenvalue weighted by molar-refractivity contribution is 7.48. The van der Waals surface area contributed by atoms with Gasteiger partial charge in [0, 0.05) is 13.0 Å². The molecule has 0 bridgehead atoms. The van der Waals surface area contributed by atoms with Crippen LogP contribution in [0.2, 0.25) is 10.2 Å². The molecule has 3 aromatic rings. The van der Waals surface area contributed by atoms with Crippen LogP contribution >= 0.6 is 31.0 Å². The van der Waals surface area contributed by atoms with Gasteiger partial charge in [-0.15, -0.1) is 0 Å². The molecule has 188 valence electrons. The molecule has 0 spiro atoms. The van der Waals surface area contributed by atoms with E-state index < -0.39 is 29.9 Å². The van der Waals surface area contributed by atoms with Gasteiger partial charge >= 0.3 is 13.5 Å². The van der Waals surface area contributed by atoms with Gasteiger partial charge in [0.15, 0.2) is 5.75 Å². The molecule has 0 aliphatic rings. The molecule has 0 saturated carbocycles. The molecule has 0 radical (unpaired) electrons. The lowest BCUT2D eigenvalue weighted by Gasteiger charge is -2.17. The lowest BCUT2D eigenvalue weighted by Crippen LogP contribution is -2.33. The van der Waals surface area contributed by atoms with Crippen LogP contribution in [0.25, 0.3) is 22.8 Å². The van der Waals surface area contributed by atoms with Gasteiger partial charge in [0.05, 0.1) is 23.7 Å². The minimum Gasteiger partial charge on any atom is -0.617 e. The molecule has 0 aliphatic heterocycles. The Morgan fingerprint density at radius 2 is 1.86 bits per heavy atom. The fourth-order valence-corrected chi connectivity index (χ4v) is 4.74. The highest BCUT2D eigenvalue weighted by Gasteiger charge is 2.33. The van der Waals surface area contributed by atoms with E-state index in [0.717, 1.165) is 12.1 Å². The Labute approximate surface area is 208 Å². The second-order valence-electron chi connectivity index (χ2n) is 6.88. The molecule has 13 nitrogen and oxygen atoms in total. The van der Waals surface area contributed by atoms with Gasteiger partial charge in [-0.1, -0.05) is 16.8 Å². The van der Waals surface area contributed by atoms with Crippen molar-refractivity contribution in [2.75, 3.05) is 13.2 Å². The minimum absolute atomic E-state index is 0.0637. The zero-order valence-electron chi connectivity index (χ0n) is 18.8. The van der Waals surface area contributed by atoms with Crippen LogP contribution in [0.1, 0.15) is 25.1 Å². The van der Waals surface area contributed by atoms with Crippen molar-refractivity contribution in [2.45, 2.75) is 27.7 Å².